The Morgan fingerprint density at radius 2 is 2.20 bits per heavy atom. The van der Waals surface area contributed by atoms with E-state index in [2.05, 4.69) is 15.6 Å². The maximum Gasteiger partial charge on any atom is 0.242 e. The van der Waals surface area contributed by atoms with Crippen LogP contribution in [0.1, 0.15) is 12.1 Å². The number of amides is 1. The van der Waals surface area contributed by atoms with Crippen LogP contribution in [0.15, 0.2) is 18.2 Å². The van der Waals surface area contributed by atoms with Gasteiger partial charge in [0.1, 0.15) is 6.04 Å². The van der Waals surface area contributed by atoms with Crippen LogP contribution in [0.2, 0.25) is 10.0 Å². The van der Waals surface area contributed by atoms with Crippen LogP contribution in [-0.4, -0.2) is 23.5 Å². The van der Waals surface area contributed by atoms with Crippen molar-refractivity contribution in [2.24, 2.45) is 0 Å². The van der Waals surface area contributed by atoms with Crippen molar-refractivity contribution in [3.8, 4) is 0 Å². The van der Waals surface area contributed by atoms with Crippen LogP contribution in [0.4, 0.5) is 5.69 Å². The Morgan fingerprint density at radius 1 is 1.40 bits per heavy atom. The Balaban J connectivity index is 2.10. The van der Waals surface area contributed by atoms with Crippen molar-refractivity contribution in [3.63, 3.8) is 0 Å². The van der Waals surface area contributed by atoms with Gasteiger partial charge in [0.25, 0.3) is 0 Å². The van der Waals surface area contributed by atoms with Crippen LogP contribution in [0.3, 0.4) is 0 Å². The number of fused-ring (bicyclic) bond motifs is 1. The summed E-state index contributed by atoms with van der Waals surface area (Å²) in [7, 11) is 0. The summed E-state index contributed by atoms with van der Waals surface area (Å²) in [6.45, 7) is 2.58. The van der Waals surface area contributed by atoms with Gasteiger partial charge in [-0.15, -0.1) is 0 Å². The number of carbonyl (C=O) groups excluding carboxylic acids is 1. The molecule has 20 heavy (non-hydrogen) atoms. The average Bonchev–Trinajstić information content (AvgIpc) is 2.80. The Morgan fingerprint density at radius 3 is 2.90 bits per heavy atom. The normalized spacial score (nSPS) is 18.4. The second kappa shape index (κ2) is 5.11. The van der Waals surface area contributed by atoms with E-state index in [-0.39, 0.29) is 11.9 Å². The fraction of sp³-hybridized carbons (Fsp3) is 0.286. The predicted molar refractivity (Wildman–Crippen MR) is 81.5 cm³/mol. The van der Waals surface area contributed by atoms with Gasteiger partial charge in [-0.1, -0.05) is 23.2 Å². The highest BCUT2D eigenvalue weighted by molar-refractivity contribution is 6.45. The number of aromatic nitrogens is 1. The van der Waals surface area contributed by atoms with Gasteiger partial charge in [-0.25, -0.2) is 0 Å². The molecule has 0 bridgehead atoms. The summed E-state index contributed by atoms with van der Waals surface area (Å²) in [5.74, 6) is 0.0210. The summed E-state index contributed by atoms with van der Waals surface area (Å²) in [5, 5.41) is 7.85. The Kier molecular flexibility index (Phi) is 3.44. The zero-order valence-electron chi connectivity index (χ0n) is 10.8. The first kappa shape index (κ1) is 13.5. The molecule has 6 heteroatoms. The van der Waals surface area contributed by atoms with Crippen molar-refractivity contribution in [3.05, 3.63) is 33.9 Å². The smallest absolute Gasteiger partial charge is 0.242 e. The maximum atomic E-state index is 11.7. The molecule has 0 spiro atoms. The van der Waals surface area contributed by atoms with Crippen molar-refractivity contribution in [1.82, 2.24) is 10.3 Å². The maximum absolute atomic E-state index is 11.7. The topological polar surface area (TPSA) is 54.0 Å². The van der Waals surface area contributed by atoms with Crippen LogP contribution >= 0.6 is 23.2 Å². The van der Waals surface area contributed by atoms with Crippen molar-refractivity contribution in [1.29, 1.82) is 0 Å². The first-order valence-corrected chi connectivity index (χ1v) is 7.11. The van der Waals surface area contributed by atoms with Gasteiger partial charge in [-0.2, -0.15) is 0 Å². The number of benzene rings is 1. The molecule has 0 radical (unpaired) electrons. The van der Waals surface area contributed by atoms with Crippen molar-refractivity contribution >= 4 is 45.7 Å². The Bertz CT molecular complexity index is 702. The molecule has 0 saturated carbocycles. The van der Waals surface area contributed by atoms with Crippen LogP contribution in [0.5, 0.6) is 0 Å². The largest absolute Gasteiger partial charge is 0.373 e. The van der Waals surface area contributed by atoms with E-state index in [4.69, 9.17) is 23.2 Å². The fourth-order valence-corrected chi connectivity index (χ4v) is 2.76. The first-order valence-electron chi connectivity index (χ1n) is 6.36. The molecule has 1 unspecified atom stereocenters. The third-order valence-corrected chi connectivity index (χ3v) is 4.17. The number of carbonyl (C=O) groups is 1. The number of aryl methyl sites for hydroxylation is 1. The summed E-state index contributed by atoms with van der Waals surface area (Å²) in [6.07, 6.45) is 0.767. The van der Waals surface area contributed by atoms with E-state index in [1.807, 2.05) is 19.1 Å². The zero-order valence-corrected chi connectivity index (χ0v) is 12.3. The Labute approximate surface area is 126 Å². The van der Waals surface area contributed by atoms with Crippen molar-refractivity contribution < 1.29 is 4.79 Å². The molecule has 104 valence electrons. The zero-order chi connectivity index (χ0) is 14.3. The summed E-state index contributed by atoms with van der Waals surface area (Å²) < 4.78 is 0. The Hall–Kier alpha value is -1.52. The number of hydrogen-bond donors (Lipinski definition) is 2. The van der Waals surface area contributed by atoms with Gasteiger partial charge in [-0.3, -0.25) is 9.78 Å². The molecule has 2 aromatic rings. The minimum Gasteiger partial charge on any atom is -0.373 e. The quantitative estimate of drug-likeness (QED) is 0.896. The van der Waals surface area contributed by atoms with E-state index in [0.29, 0.717) is 22.1 Å². The number of halogens is 2. The number of nitrogens with one attached hydrogen (secondary N) is 2. The molecule has 1 aliphatic rings. The SMILES string of the molecule is Cc1cc(NC2CCNC2=O)c2ccc(Cl)c(Cl)c2n1. The monoisotopic (exact) mass is 309 g/mol. The van der Waals surface area contributed by atoms with Crippen LogP contribution < -0.4 is 10.6 Å². The molecule has 1 aromatic heterocycles. The minimum atomic E-state index is -0.213. The highest BCUT2D eigenvalue weighted by Gasteiger charge is 2.24. The molecule has 2 heterocycles. The van der Waals surface area contributed by atoms with Gasteiger partial charge in [-0.05, 0) is 31.5 Å². The van der Waals surface area contributed by atoms with Gasteiger partial charge in [0, 0.05) is 23.3 Å². The second-order valence-corrected chi connectivity index (χ2v) is 5.63. The molecule has 4 nitrogen and oxygen atoms in total. The molecule has 2 N–H and O–H groups in total. The lowest BCUT2D eigenvalue weighted by atomic mass is 10.1. The number of hydrogen-bond acceptors (Lipinski definition) is 3. The highest BCUT2D eigenvalue weighted by atomic mass is 35.5. The van der Waals surface area contributed by atoms with Gasteiger partial charge < -0.3 is 10.6 Å². The molecular formula is C14H13Cl2N3O. The highest BCUT2D eigenvalue weighted by Crippen LogP contribution is 2.34. The molecule has 3 rings (SSSR count). The van der Waals surface area contributed by atoms with E-state index in [9.17, 15) is 4.79 Å². The average molecular weight is 310 g/mol. The summed E-state index contributed by atoms with van der Waals surface area (Å²) >= 11 is 12.2. The number of pyridine rings is 1. The number of nitrogens with zero attached hydrogens (tertiary/aromatic N) is 1. The fourth-order valence-electron chi connectivity index (χ4n) is 2.40. The van der Waals surface area contributed by atoms with E-state index >= 15 is 0 Å². The summed E-state index contributed by atoms with van der Waals surface area (Å²) in [5.41, 5.74) is 2.33. The van der Waals surface area contributed by atoms with Gasteiger partial charge >= 0.3 is 0 Å². The summed E-state index contributed by atoms with van der Waals surface area (Å²) in [4.78, 5) is 16.1. The number of anilines is 1. The number of rotatable bonds is 2. The van der Waals surface area contributed by atoms with Crippen LogP contribution in [0, 0.1) is 6.92 Å². The lowest BCUT2D eigenvalue weighted by Gasteiger charge is -2.15. The molecule has 1 fully saturated rings. The molecule has 1 amide bonds. The summed E-state index contributed by atoms with van der Waals surface area (Å²) in [6, 6.07) is 5.31. The lowest BCUT2D eigenvalue weighted by Crippen LogP contribution is -2.29. The van der Waals surface area contributed by atoms with Crippen LogP contribution in [-0.2, 0) is 4.79 Å². The standard InChI is InChI=1S/C14H13Cl2N3O/c1-7-6-11(19-10-4-5-17-14(10)20)8-2-3-9(15)12(16)13(8)18-7/h2-3,6,10H,4-5H2,1H3,(H,17,20)(H,18,19). The first-order chi connectivity index (χ1) is 9.56. The lowest BCUT2D eigenvalue weighted by molar-refractivity contribution is -0.119. The van der Waals surface area contributed by atoms with Crippen molar-refractivity contribution in [2.45, 2.75) is 19.4 Å². The molecule has 1 aromatic carbocycles. The van der Waals surface area contributed by atoms with E-state index < -0.39 is 0 Å². The molecule has 1 saturated heterocycles. The predicted octanol–water partition coefficient (Wildman–Crippen LogP) is 3.15. The van der Waals surface area contributed by atoms with Crippen LogP contribution in [0.25, 0.3) is 10.9 Å². The van der Waals surface area contributed by atoms with Gasteiger partial charge in [0.15, 0.2) is 0 Å². The third kappa shape index (κ3) is 2.30. The minimum absolute atomic E-state index is 0.0210. The molecule has 0 aliphatic carbocycles. The second-order valence-electron chi connectivity index (χ2n) is 4.85. The van der Waals surface area contributed by atoms with Gasteiger partial charge in [0.05, 0.1) is 15.6 Å². The van der Waals surface area contributed by atoms with E-state index in [1.54, 1.807) is 6.07 Å². The van der Waals surface area contributed by atoms with E-state index in [0.717, 1.165) is 23.2 Å². The molecular weight excluding hydrogens is 297 g/mol. The van der Waals surface area contributed by atoms with Gasteiger partial charge in [0.2, 0.25) is 5.91 Å². The van der Waals surface area contributed by atoms with Crippen molar-refractivity contribution in [2.75, 3.05) is 11.9 Å². The van der Waals surface area contributed by atoms with E-state index in [1.165, 1.54) is 0 Å². The molecule has 1 atom stereocenters. The molecule has 1 aliphatic heterocycles. The third-order valence-electron chi connectivity index (χ3n) is 3.38.